The Kier molecular flexibility index (Phi) is 3.57. The van der Waals surface area contributed by atoms with Crippen LogP contribution >= 0.6 is 11.3 Å². The fourth-order valence-corrected chi connectivity index (χ4v) is 4.29. The number of aryl methyl sites for hydroxylation is 1. The molecule has 0 amide bonds. The van der Waals surface area contributed by atoms with E-state index < -0.39 is 0 Å². The second-order valence-corrected chi connectivity index (χ2v) is 6.71. The molecule has 0 aromatic carbocycles. The van der Waals surface area contributed by atoms with Crippen molar-refractivity contribution in [1.82, 2.24) is 10.3 Å². The zero-order valence-electron chi connectivity index (χ0n) is 11.4. The van der Waals surface area contributed by atoms with Crippen molar-refractivity contribution in [3.63, 3.8) is 0 Å². The summed E-state index contributed by atoms with van der Waals surface area (Å²) in [6, 6.07) is 0.503. The summed E-state index contributed by atoms with van der Waals surface area (Å²) < 4.78 is 0. The van der Waals surface area contributed by atoms with Crippen molar-refractivity contribution < 1.29 is 0 Å². The van der Waals surface area contributed by atoms with E-state index in [1.807, 2.05) is 11.3 Å². The van der Waals surface area contributed by atoms with E-state index in [4.69, 9.17) is 4.98 Å². The van der Waals surface area contributed by atoms with Crippen molar-refractivity contribution in [3.8, 4) is 0 Å². The van der Waals surface area contributed by atoms with Gasteiger partial charge in [-0.25, -0.2) is 4.98 Å². The Bertz CT molecular complexity index is 415. The minimum atomic E-state index is 0.503. The zero-order chi connectivity index (χ0) is 12.5. The fraction of sp³-hybridized carbons (Fsp3) is 0.786. The van der Waals surface area contributed by atoms with Crippen LogP contribution in [0.4, 0.5) is 5.13 Å². The Morgan fingerprint density at radius 1 is 1.44 bits per heavy atom. The molecule has 1 aliphatic heterocycles. The van der Waals surface area contributed by atoms with Crippen molar-refractivity contribution in [2.24, 2.45) is 5.92 Å². The predicted molar refractivity (Wildman–Crippen MR) is 77.5 cm³/mol. The van der Waals surface area contributed by atoms with Gasteiger partial charge in [0, 0.05) is 18.0 Å². The molecular formula is C14H23N3S. The molecule has 100 valence electrons. The highest BCUT2D eigenvalue weighted by molar-refractivity contribution is 7.15. The van der Waals surface area contributed by atoms with E-state index in [-0.39, 0.29) is 0 Å². The number of rotatable bonds is 3. The lowest BCUT2D eigenvalue weighted by molar-refractivity contribution is 0.465. The summed E-state index contributed by atoms with van der Waals surface area (Å²) in [7, 11) is 0. The van der Waals surface area contributed by atoms with Crippen LogP contribution in [0.15, 0.2) is 0 Å². The largest absolute Gasteiger partial charge is 0.348 e. The summed E-state index contributed by atoms with van der Waals surface area (Å²) in [5.41, 5.74) is 1.35. The molecule has 2 unspecified atom stereocenters. The highest BCUT2D eigenvalue weighted by Crippen LogP contribution is 2.37. The number of thiazole rings is 1. The van der Waals surface area contributed by atoms with E-state index in [0.717, 1.165) is 12.5 Å². The molecule has 1 aromatic rings. The molecule has 2 aliphatic rings. The summed E-state index contributed by atoms with van der Waals surface area (Å²) in [6.07, 6.45) is 5.11. The van der Waals surface area contributed by atoms with Gasteiger partial charge >= 0.3 is 0 Å². The zero-order valence-corrected chi connectivity index (χ0v) is 12.2. The van der Waals surface area contributed by atoms with Crippen LogP contribution in [0, 0.1) is 5.92 Å². The average molecular weight is 265 g/mol. The lowest BCUT2D eigenvalue weighted by atomic mass is 9.98. The van der Waals surface area contributed by atoms with E-state index in [9.17, 15) is 0 Å². The van der Waals surface area contributed by atoms with Gasteiger partial charge in [-0.1, -0.05) is 13.8 Å². The molecule has 1 aromatic heterocycles. The maximum Gasteiger partial charge on any atom is 0.185 e. The summed E-state index contributed by atoms with van der Waals surface area (Å²) in [5, 5.41) is 4.85. The van der Waals surface area contributed by atoms with E-state index >= 15 is 0 Å². The Morgan fingerprint density at radius 3 is 3.06 bits per heavy atom. The fourth-order valence-electron chi connectivity index (χ4n) is 3.09. The number of aromatic nitrogens is 1. The van der Waals surface area contributed by atoms with Crippen LogP contribution in [0.5, 0.6) is 0 Å². The number of hydrogen-bond donors (Lipinski definition) is 1. The van der Waals surface area contributed by atoms with Gasteiger partial charge in [-0.15, -0.1) is 11.3 Å². The summed E-state index contributed by atoms with van der Waals surface area (Å²) >= 11 is 1.94. The van der Waals surface area contributed by atoms with Gasteiger partial charge in [0.2, 0.25) is 0 Å². The molecule has 0 radical (unpaired) electrons. The molecule has 18 heavy (non-hydrogen) atoms. The predicted octanol–water partition coefficient (Wildman–Crippen LogP) is 2.98. The summed E-state index contributed by atoms with van der Waals surface area (Å²) in [5.74, 6) is 0.829. The third kappa shape index (κ3) is 2.28. The van der Waals surface area contributed by atoms with Gasteiger partial charge in [-0.3, -0.25) is 0 Å². The first-order valence-electron chi connectivity index (χ1n) is 7.26. The van der Waals surface area contributed by atoms with Crippen LogP contribution in [0.1, 0.15) is 49.7 Å². The monoisotopic (exact) mass is 265 g/mol. The van der Waals surface area contributed by atoms with E-state index in [0.29, 0.717) is 6.04 Å². The molecule has 1 aliphatic carbocycles. The maximum absolute atomic E-state index is 4.95. The molecular weight excluding hydrogens is 242 g/mol. The number of nitrogens with one attached hydrogen (secondary N) is 1. The highest BCUT2D eigenvalue weighted by Gasteiger charge is 2.27. The Hall–Kier alpha value is -0.610. The molecule has 3 rings (SSSR count). The quantitative estimate of drug-likeness (QED) is 0.910. The molecule has 0 bridgehead atoms. The topological polar surface area (TPSA) is 28.2 Å². The lowest BCUT2D eigenvalue weighted by Crippen LogP contribution is -2.25. The standard InChI is InChI=1S/C14H23N3S/c1-3-15-11-5-4-6-12-13(11)16-14(18-12)17-8-7-10(2)9-17/h10-11,15H,3-9H2,1-2H3. The molecule has 2 atom stereocenters. The van der Waals surface area contributed by atoms with Gasteiger partial charge in [-0.2, -0.15) is 0 Å². The lowest BCUT2D eigenvalue weighted by Gasteiger charge is -2.21. The van der Waals surface area contributed by atoms with Crippen LogP contribution in [-0.4, -0.2) is 24.6 Å². The smallest absolute Gasteiger partial charge is 0.185 e. The van der Waals surface area contributed by atoms with Crippen molar-refractivity contribution >= 4 is 16.5 Å². The number of hydrogen-bond acceptors (Lipinski definition) is 4. The first-order chi connectivity index (χ1) is 8.78. The van der Waals surface area contributed by atoms with Crippen molar-refractivity contribution in [2.45, 2.75) is 45.6 Å². The van der Waals surface area contributed by atoms with E-state index in [2.05, 4.69) is 24.1 Å². The Labute approximate surface area is 114 Å². The third-order valence-corrected chi connectivity index (χ3v) is 5.28. The van der Waals surface area contributed by atoms with E-state index in [1.165, 1.54) is 54.5 Å². The molecule has 1 saturated heterocycles. The minimum absolute atomic E-state index is 0.503. The van der Waals surface area contributed by atoms with Crippen LogP contribution in [-0.2, 0) is 6.42 Å². The van der Waals surface area contributed by atoms with Crippen molar-refractivity contribution in [2.75, 3.05) is 24.5 Å². The molecule has 0 spiro atoms. The first-order valence-corrected chi connectivity index (χ1v) is 8.07. The summed E-state index contributed by atoms with van der Waals surface area (Å²) in [6.45, 7) is 7.95. The molecule has 0 saturated carbocycles. The van der Waals surface area contributed by atoms with Gasteiger partial charge in [0.15, 0.2) is 5.13 Å². The molecule has 3 nitrogen and oxygen atoms in total. The van der Waals surface area contributed by atoms with Gasteiger partial charge in [0.1, 0.15) is 0 Å². The second-order valence-electron chi connectivity index (χ2n) is 5.65. The number of fused-ring (bicyclic) bond motifs is 1. The van der Waals surface area contributed by atoms with Gasteiger partial charge in [-0.05, 0) is 38.1 Å². The van der Waals surface area contributed by atoms with E-state index in [1.54, 1.807) is 0 Å². The normalized spacial score (nSPS) is 27.6. The number of nitrogens with zero attached hydrogens (tertiary/aromatic N) is 2. The number of anilines is 1. The Balaban J connectivity index is 1.82. The average Bonchev–Trinajstić information content (AvgIpc) is 2.95. The van der Waals surface area contributed by atoms with Crippen LogP contribution < -0.4 is 10.2 Å². The maximum atomic E-state index is 4.95. The molecule has 1 fully saturated rings. The second kappa shape index (κ2) is 5.17. The SMILES string of the molecule is CCNC1CCCc2sc(N3CCC(C)C3)nc21. The highest BCUT2D eigenvalue weighted by atomic mass is 32.1. The first kappa shape index (κ1) is 12.4. The van der Waals surface area contributed by atoms with Gasteiger partial charge < -0.3 is 10.2 Å². The molecule has 1 N–H and O–H groups in total. The molecule has 2 heterocycles. The van der Waals surface area contributed by atoms with Gasteiger partial charge in [0.05, 0.1) is 11.7 Å². The van der Waals surface area contributed by atoms with Crippen LogP contribution in [0.25, 0.3) is 0 Å². The summed E-state index contributed by atoms with van der Waals surface area (Å²) in [4.78, 5) is 8.96. The molecule has 4 heteroatoms. The van der Waals surface area contributed by atoms with Crippen molar-refractivity contribution in [1.29, 1.82) is 0 Å². The van der Waals surface area contributed by atoms with Gasteiger partial charge in [0.25, 0.3) is 0 Å². The third-order valence-electron chi connectivity index (χ3n) is 4.09. The van der Waals surface area contributed by atoms with Crippen LogP contribution in [0.3, 0.4) is 0 Å². The van der Waals surface area contributed by atoms with Crippen molar-refractivity contribution in [3.05, 3.63) is 10.6 Å². The van der Waals surface area contributed by atoms with Crippen LogP contribution in [0.2, 0.25) is 0 Å². The minimum Gasteiger partial charge on any atom is -0.348 e. The Morgan fingerprint density at radius 2 is 2.33 bits per heavy atom.